The Morgan fingerprint density at radius 3 is 2.47 bits per heavy atom. The molecule has 0 saturated carbocycles. The third kappa shape index (κ3) is 5.04. The molecule has 11 nitrogen and oxygen atoms in total. The molecule has 0 radical (unpaired) electrons. The zero-order chi connectivity index (χ0) is 21.7. The molecule has 0 bridgehead atoms. The van der Waals surface area contributed by atoms with E-state index in [0.29, 0.717) is 37.7 Å². The fourth-order valence-electron chi connectivity index (χ4n) is 2.92. The molecule has 1 fully saturated rings. The minimum atomic E-state index is -0.644. The van der Waals surface area contributed by atoms with E-state index in [-0.39, 0.29) is 22.1 Å². The van der Waals surface area contributed by atoms with Crippen molar-refractivity contribution >= 4 is 46.0 Å². The van der Waals surface area contributed by atoms with Crippen LogP contribution >= 0.6 is 12.2 Å². The number of ether oxygens (including phenoxy) is 1. The molecular formula is C18H17N5O6S. The standard InChI is InChI=1S/C18H17N5O6S/c24-17(20-18(30)19-13-2-1-3-14(11-13)22(25)26)12-4-5-15(16(10-12)23(27)28)21-6-8-29-9-7-21/h1-5,10-11H,6-9H2,(H2,19,20,24,30). The smallest absolute Gasteiger partial charge is 0.293 e. The van der Waals surface area contributed by atoms with Crippen LogP contribution in [0, 0.1) is 20.2 Å². The predicted molar refractivity (Wildman–Crippen MR) is 113 cm³/mol. The van der Waals surface area contributed by atoms with E-state index in [9.17, 15) is 25.0 Å². The Hall–Kier alpha value is -3.64. The van der Waals surface area contributed by atoms with Crippen molar-refractivity contribution in [1.29, 1.82) is 0 Å². The van der Waals surface area contributed by atoms with Crippen LogP contribution < -0.4 is 15.5 Å². The summed E-state index contributed by atoms with van der Waals surface area (Å²) in [5, 5.41) is 27.3. The van der Waals surface area contributed by atoms with Gasteiger partial charge < -0.3 is 15.0 Å². The molecule has 2 aromatic carbocycles. The Bertz CT molecular complexity index is 1010. The van der Waals surface area contributed by atoms with Gasteiger partial charge in [-0.25, -0.2) is 0 Å². The third-order valence-corrected chi connectivity index (χ3v) is 4.53. The molecule has 1 aliphatic heterocycles. The molecule has 0 spiro atoms. The van der Waals surface area contributed by atoms with E-state index in [1.165, 1.54) is 36.4 Å². The Balaban J connectivity index is 1.72. The summed E-state index contributed by atoms with van der Waals surface area (Å²) in [6.07, 6.45) is 0. The van der Waals surface area contributed by atoms with Crippen molar-refractivity contribution in [1.82, 2.24) is 5.32 Å². The fourth-order valence-corrected chi connectivity index (χ4v) is 3.13. The highest BCUT2D eigenvalue weighted by Crippen LogP contribution is 2.30. The summed E-state index contributed by atoms with van der Waals surface area (Å²) >= 11 is 5.06. The molecule has 156 valence electrons. The molecule has 30 heavy (non-hydrogen) atoms. The lowest BCUT2D eigenvalue weighted by Crippen LogP contribution is -2.37. The minimum absolute atomic E-state index is 0.0573. The lowest BCUT2D eigenvalue weighted by molar-refractivity contribution is -0.384. The summed E-state index contributed by atoms with van der Waals surface area (Å²) in [5.41, 5.74) is 0.466. The highest BCUT2D eigenvalue weighted by Gasteiger charge is 2.23. The molecule has 3 rings (SSSR count). The van der Waals surface area contributed by atoms with Crippen LogP contribution in [0.1, 0.15) is 10.4 Å². The maximum Gasteiger partial charge on any atom is 0.293 e. The first-order chi connectivity index (χ1) is 14.3. The Kier molecular flexibility index (Phi) is 6.49. The first-order valence-corrected chi connectivity index (χ1v) is 9.24. The van der Waals surface area contributed by atoms with Gasteiger partial charge in [-0.2, -0.15) is 0 Å². The Labute approximate surface area is 175 Å². The number of rotatable bonds is 5. The maximum absolute atomic E-state index is 12.5. The van der Waals surface area contributed by atoms with Gasteiger partial charge in [0.25, 0.3) is 17.3 Å². The molecule has 0 unspecified atom stereocenters. The number of nitro benzene ring substituents is 2. The van der Waals surface area contributed by atoms with Gasteiger partial charge in [0.2, 0.25) is 0 Å². The number of nitrogens with one attached hydrogen (secondary N) is 2. The number of morpholine rings is 1. The summed E-state index contributed by atoms with van der Waals surface area (Å²) < 4.78 is 5.26. The van der Waals surface area contributed by atoms with E-state index in [0.717, 1.165) is 0 Å². The van der Waals surface area contributed by atoms with Gasteiger partial charge >= 0.3 is 0 Å². The molecule has 0 atom stereocenters. The zero-order valence-corrected chi connectivity index (χ0v) is 16.4. The molecule has 2 aromatic rings. The predicted octanol–water partition coefficient (Wildman–Crippen LogP) is 2.47. The van der Waals surface area contributed by atoms with Gasteiger partial charge in [-0.15, -0.1) is 0 Å². The van der Waals surface area contributed by atoms with Crippen molar-refractivity contribution < 1.29 is 19.4 Å². The van der Waals surface area contributed by atoms with E-state index in [1.807, 2.05) is 4.90 Å². The number of nitro groups is 2. The van der Waals surface area contributed by atoms with Crippen molar-refractivity contribution in [3.8, 4) is 0 Å². The number of anilines is 2. The number of nitrogens with zero attached hydrogens (tertiary/aromatic N) is 3. The number of thiocarbonyl (C=S) groups is 1. The zero-order valence-electron chi connectivity index (χ0n) is 15.6. The summed E-state index contributed by atoms with van der Waals surface area (Å²) in [6, 6.07) is 9.79. The van der Waals surface area contributed by atoms with Gasteiger partial charge in [0.05, 0.1) is 23.1 Å². The van der Waals surface area contributed by atoms with Crippen LogP contribution in [0.15, 0.2) is 42.5 Å². The summed E-state index contributed by atoms with van der Waals surface area (Å²) in [6.45, 7) is 1.97. The third-order valence-electron chi connectivity index (χ3n) is 4.33. The second kappa shape index (κ2) is 9.24. The van der Waals surface area contributed by atoms with Crippen molar-refractivity contribution in [2.75, 3.05) is 36.5 Å². The monoisotopic (exact) mass is 431 g/mol. The van der Waals surface area contributed by atoms with E-state index < -0.39 is 15.8 Å². The van der Waals surface area contributed by atoms with Crippen LogP contribution in [-0.4, -0.2) is 47.2 Å². The molecule has 0 aliphatic carbocycles. The average Bonchev–Trinajstić information content (AvgIpc) is 2.74. The number of carbonyl (C=O) groups excluding carboxylic acids is 1. The van der Waals surface area contributed by atoms with Crippen LogP contribution in [0.2, 0.25) is 0 Å². The van der Waals surface area contributed by atoms with Gasteiger partial charge in [0.15, 0.2) is 5.11 Å². The molecule has 1 aliphatic rings. The highest BCUT2D eigenvalue weighted by atomic mass is 32.1. The number of hydrogen-bond donors (Lipinski definition) is 2. The molecule has 2 N–H and O–H groups in total. The van der Waals surface area contributed by atoms with Crippen molar-refractivity contribution in [3.63, 3.8) is 0 Å². The number of carbonyl (C=O) groups is 1. The Morgan fingerprint density at radius 2 is 1.80 bits per heavy atom. The summed E-state index contributed by atoms with van der Waals surface area (Å²) in [7, 11) is 0. The highest BCUT2D eigenvalue weighted by molar-refractivity contribution is 7.80. The number of amides is 1. The SMILES string of the molecule is O=C(NC(=S)Nc1cccc([N+](=O)[O-])c1)c1ccc(N2CCOCC2)c([N+](=O)[O-])c1. The van der Waals surface area contributed by atoms with E-state index in [1.54, 1.807) is 6.07 Å². The quantitative estimate of drug-likeness (QED) is 0.415. The first kappa shape index (κ1) is 21.1. The second-order valence-electron chi connectivity index (χ2n) is 6.28. The van der Waals surface area contributed by atoms with Crippen LogP contribution in [0.3, 0.4) is 0 Å². The lowest BCUT2D eigenvalue weighted by atomic mass is 10.1. The number of non-ortho nitro benzene ring substituents is 1. The van der Waals surface area contributed by atoms with Crippen LogP contribution in [0.4, 0.5) is 22.7 Å². The topological polar surface area (TPSA) is 140 Å². The summed E-state index contributed by atoms with van der Waals surface area (Å²) in [5.74, 6) is -0.644. The maximum atomic E-state index is 12.5. The van der Waals surface area contributed by atoms with Gasteiger partial charge in [0, 0.05) is 42.5 Å². The lowest BCUT2D eigenvalue weighted by Gasteiger charge is -2.28. The normalized spacial score (nSPS) is 13.4. The minimum Gasteiger partial charge on any atom is -0.378 e. The van der Waals surface area contributed by atoms with E-state index in [2.05, 4.69) is 10.6 Å². The molecule has 0 aromatic heterocycles. The first-order valence-electron chi connectivity index (χ1n) is 8.83. The largest absolute Gasteiger partial charge is 0.378 e. The van der Waals surface area contributed by atoms with Crippen molar-refractivity contribution in [2.24, 2.45) is 0 Å². The summed E-state index contributed by atoms with van der Waals surface area (Å²) in [4.78, 5) is 35.6. The van der Waals surface area contributed by atoms with Gasteiger partial charge in [-0.05, 0) is 30.4 Å². The van der Waals surface area contributed by atoms with Crippen LogP contribution in [-0.2, 0) is 4.74 Å². The Morgan fingerprint density at radius 1 is 1.07 bits per heavy atom. The molecule has 1 amide bonds. The average molecular weight is 431 g/mol. The van der Waals surface area contributed by atoms with Gasteiger partial charge in [-0.1, -0.05) is 6.07 Å². The van der Waals surface area contributed by atoms with E-state index in [4.69, 9.17) is 17.0 Å². The molecular weight excluding hydrogens is 414 g/mol. The van der Waals surface area contributed by atoms with Crippen molar-refractivity contribution in [2.45, 2.75) is 0 Å². The van der Waals surface area contributed by atoms with Crippen molar-refractivity contribution in [3.05, 3.63) is 68.3 Å². The fraction of sp³-hybridized carbons (Fsp3) is 0.222. The molecule has 12 heteroatoms. The van der Waals surface area contributed by atoms with Crippen LogP contribution in [0.5, 0.6) is 0 Å². The van der Waals surface area contributed by atoms with Gasteiger partial charge in [-0.3, -0.25) is 30.3 Å². The number of hydrogen-bond acceptors (Lipinski definition) is 8. The molecule has 1 heterocycles. The van der Waals surface area contributed by atoms with Gasteiger partial charge in [0.1, 0.15) is 5.69 Å². The second-order valence-corrected chi connectivity index (χ2v) is 6.68. The van der Waals surface area contributed by atoms with E-state index >= 15 is 0 Å². The molecule has 1 saturated heterocycles. The number of benzene rings is 2. The van der Waals surface area contributed by atoms with Crippen LogP contribution in [0.25, 0.3) is 0 Å².